The number of ether oxygens (including phenoxy) is 3. The number of benzene rings is 1. The van der Waals surface area contributed by atoms with Crippen molar-refractivity contribution in [3.05, 3.63) is 18.2 Å². The third-order valence-corrected chi connectivity index (χ3v) is 2.37. The van der Waals surface area contributed by atoms with E-state index < -0.39 is 0 Å². The van der Waals surface area contributed by atoms with E-state index in [1.165, 1.54) is 0 Å². The first kappa shape index (κ1) is 10.1. The molecule has 0 radical (unpaired) electrons. The molecular weight excluding hydrogens is 194 g/mol. The van der Waals surface area contributed by atoms with Crippen LogP contribution in [0.5, 0.6) is 11.5 Å². The van der Waals surface area contributed by atoms with Crippen molar-refractivity contribution in [2.24, 2.45) is 0 Å². The zero-order valence-corrected chi connectivity index (χ0v) is 8.73. The van der Waals surface area contributed by atoms with E-state index in [4.69, 9.17) is 19.9 Å². The summed E-state index contributed by atoms with van der Waals surface area (Å²) in [5.41, 5.74) is 6.32. The van der Waals surface area contributed by atoms with E-state index >= 15 is 0 Å². The molecule has 0 unspecified atom stereocenters. The normalized spacial score (nSPS) is 20.2. The molecule has 0 amide bonds. The van der Waals surface area contributed by atoms with Crippen LogP contribution in [0.1, 0.15) is 6.42 Å². The number of hydrogen-bond donors (Lipinski definition) is 1. The van der Waals surface area contributed by atoms with E-state index in [1.807, 2.05) is 6.07 Å². The van der Waals surface area contributed by atoms with Gasteiger partial charge in [-0.25, -0.2) is 0 Å². The Kier molecular flexibility index (Phi) is 2.97. The van der Waals surface area contributed by atoms with Gasteiger partial charge in [0.1, 0.15) is 6.10 Å². The highest BCUT2D eigenvalue weighted by atomic mass is 16.6. The molecule has 4 nitrogen and oxygen atoms in total. The second-order valence-corrected chi connectivity index (χ2v) is 3.51. The molecule has 1 saturated heterocycles. The Hall–Kier alpha value is -1.42. The van der Waals surface area contributed by atoms with Gasteiger partial charge in [-0.3, -0.25) is 0 Å². The second-order valence-electron chi connectivity index (χ2n) is 3.51. The average molecular weight is 209 g/mol. The zero-order chi connectivity index (χ0) is 10.7. The standard InChI is InChI=1S/C11H15NO3/c1-13-11-6-8(12)2-3-10(11)15-9-4-5-14-7-9/h2-3,6,9H,4-5,7,12H2,1H3/t9-/m0/s1. The molecule has 4 heteroatoms. The van der Waals surface area contributed by atoms with Gasteiger partial charge in [-0.05, 0) is 12.1 Å². The predicted molar refractivity (Wildman–Crippen MR) is 57.3 cm³/mol. The van der Waals surface area contributed by atoms with Gasteiger partial charge in [0.05, 0.1) is 20.3 Å². The fraction of sp³-hybridized carbons (Fsp3) is 0.455. The maximum Gasteiger partial charge on any atom is 0.162 e. The van der Waals surface area contributed by atoms with Crippen LogP contribution in [0, 0.1) is 0 Å². The summed E-state index contributed by atoms with van der Waals surface area (Å²) in [4.78, 5) is 0. The Morgan fingerprint density at radius 2 is 2.27 bits per heavy atom. The van der Waals surface area contributed by atoms with E-state index in [9.17, 15) is 0 Å². The highest BCUT2D eigenvalue weighted by Gasteiger charge is 2.18. The van der Waals surface area contributed by atoms with Gasteiger partial charge in [0.2, 0.25) is 0 Å². The summed E-state index contributed by atoms with van der Waals surface area (Å²) in [6.07, 6.45) is 1.05. The molecule has 1 fully saturated rings. The molecule has 0 aliphatic carbocycles. The quantitative estimate of drug-likeness (QED) is 0.765. The Labute approximate surface area is 88.9 Å². The summed E-state index contributed by atoms with van der Waals surface area (Å²) in [5.74, 6) is 1.39. The molecule has 1 aliphatic heterocycles. The maximum atomic E-state index is 5.75. The molecule has 2 rings (SSSR count). The van der Waals surface area contributed by atoms with Crippen LogP contribution >= 0.6 is 0 Å². The lowest BCUT2D eigenvalue weighted by Gasteiger charge is -2.14. The minimum atomic E-state index is 0.127. The maximum absolute atomic E-state index is 5.75. The van der Waals surface area contributed by atoms with Gasteiger partial charge in [0, 0.05) is 18.2 Å². The van der Waals surface area contributed by atoms with Crippen LogP contribution in [0.25, 0.3) is 0 Å². The molecule has 0 aromatic heterocycles. The Balaban J connectivity index is 2.12. The molecular formula is C11H15NO3. The lowest BCUT2D eigenvalue weighted by molar-refractivity contribution is 0.138. The summed E-state index contributed by atoms with van der Waals surface area (Å²) in [6, 6.07) is 5.38. The van der Waals surface area contributed by atoms with Crippen molar-refractivity contribution in [2.45, 2.75) is 12.5 Å². The monoisotopic (exact) mass is 209 g/mol. The summed E-state index contributed by atoms with van der Waals surface area (Å²) in [7, 11) is 1.60. The van der Waals surface area contributed by atoms with Crippen LogP contribution in [0.15, 0.2) is 18.2 Å². The van der Waals surface area contributed by atoms with E-state index in [-0.39, 0.29) is 6.10 Å². The molecule has 1 heterocycles. The topological polar surface area (TPSA) is 53.7 Å². The predicted octanol–water partition coefficient (Wildman–Crippen LogP) is 1.45. The van der Waals surface area contributed by atoms with Crippen LogP contribution in [0.2, 0.25) is 0 Å². The minimum absolute atomic E-state index is 0.127. The van der Waals surface area contributed by atoms with Crippen molar-refractivity contribution in [2.75, 3.05) is 26.1 Å². The van der Waals surface area contributed by atoms with Crippen molar-refractivity contribution in [1.82, 2.24) is 0 Å². The van der Waals surface area contributed by atoms with Gasteiger partial charge >= 0.3 is 0 Å². The van der Waals surface area contributed by atoms with E-state index in [0.717, 1.165) is 18.8 Å². The lowest BCUT2D eigenvalue weighted by Crippen LogP contribution is -2.16. The Morgan fingerprint density at radius 3 is 2.93 bits per heavy atom. The van der Waals surface area contributed by atoms with Crippen molar-refractivity contribution in [1.29, 1.82) is 0 Å². The fourth-order valence-corrected chi connectivity index (χ4v) is 1.57. The molecule has 0 bridgehead atoms. The van der Waals surface area contributed by atoms with E-state index in [0.29, 0.717) is 18.0 Å². The van der Waals surface area contributed by atoms with Crippen molar-refractivity contribution in [3.63, 3.8) is 0 Å². The first-order valence-corrected chi connectivity index (χ1v) is 4.97. The number of nitrogen functional groups attached to an aromatic ring is 1. The summed E-state index contributed by atoms with van der Waals surface area (Å²) < 4.78 is 16.2. The number of anilines is 1. The van der Waals surface area contributed by atoms with Crippen molar-refractivity contribution in [3.8, 4) is 11.5 Å². The third-order valence-electron chi connectivity index (χ3n) is 2.37. The van der Waals surface area contributed by atoms with Gasteiger partial charge < -0.3 is 19.9 Å². The SMILES string of the molecule is COc1cc(N)ccc1O[C@H]1CCOC1. The van der Waals surface area contributed by atoms with Gasteiger partial charge in [0.15, 0.2) is 11.5 Å². The third kappa shape index (κ3) is 2.33. The smallest absolute Gasteiger partial charge is 0.162 e. The average Bonchev–Trinajstić information content (AvgIpc) is 2.73. The molecule has 1 aliphatic rings. The van der Waals surface area contributed by atoms with Crippen LogP contribution in [-0.2, 0) is 4.74 Å². The summed E-state index contributed by atoms with van der Waals surface area (Å²) in [6.45, 7) is 1.41. The van der Waals surface area contributed by atoms with E-state index in [2.05, 4.69) is 0 Å². The molecule has 1 aromatic rings. The molecule has 1 aromatic carbocycles. The molecule has 0 saturated carbocycles. The largest absolute Gasteiger partial charge is 0.493 e. The van der Waals surface area contributed by atoms with Crippen LogP contribution < -0.4 is 15.2 Å². The number of methoxy groups -OCH3 is 1. The number of nitrogens with two attached hydrogens (primary N) is 1. The van der Waals surface area contributed by atoms with Crippen LogP contribution in [0.4, 0.5) is 5.69 Å². The van der Waals surface area contributed by atoms with Gasteiger partial charge in [-0.2, -0.15) is 0 Å². The molecule has 82 valence electrons. The number of rotatable bonds is 3. The zero-order valence-electron chi connectivity index (χ0n) is 8.73. The highest BCUT2D eigenvalue weighted by Crippen LogP contribution is 2.30. The van der Waals surface area contributed by atoms with Crippen molar-refractivity contribution < 1.29 is 14.2 Å². The molecule has 1 atom stereocenters. The summed E-state index contributed by atoms with van der Waals surface area (Å²) >= 11 is 0. The molecule has 0 spiro atoms. The van der Waals surface area contributed by atoms with Crippen LogP contribution in [-0.4, -0.2) is 26.4 Å². The van der Waals surface area contributed by atoms with Gasteiger partial charge in [-0.1, -0.05) is 0 Å². The van der Waals surface area contributed by atoms with Gasteiger partial charge in [-0.15, -0.1) is 0 Å². The Morgan fingerprint density at radius 1 is 1.40 bits per heavy atom. The number of hydrogen-bond acceptors (Lipinski definition) is 4. The Bertz CT molecular complexity index is 335. The minimum Gasteiger partial charge on any atom is -0.493 e. The lowest BCUT2D eigenvalue weighted by atomic mass is 10.2. The molecule has 15 heavy (non-hydrogen) atoms. The van der Waals surface area contributed by atoms with Crippen LogP contribution in [0.3, 0.4) is 0 Å². The van der Waals surface area contributed by atoms with Crippen molar-refractivity contribution >= 4 is 5.69 Å². The first-order chi connectivity index (χ1) is 7.29. The summed E-state index contributed by atoms with van der Waals surface area (Å²) in [5, 5.41) is 0. The second kappa shape index (κ2) is 4.40. The molecule has 2 N–H and O–H groups in total. The first-order valence-electron chi connectivity index (χ1n) is 4.97. The van der Waals surface area contributed by atoms with E-state index in [1.54, 1.807) is 19.2 Å². The fourth-order valence-electron chi connectivity index (χ4n) is 1.57. The van der Waals surface area contributed by atoms with Gasteiger partial charge in [0.25, 0.3) is 0 Å². The highest BCUT2D eigenvalue weighted by molar-refractivity contribution is 5.51.